The lowest BCUT2D eigenvalue weighted by atomic mass is 10.1. The van der Waals surface area contributed by atoms with Gasteiger partial charge < -0.3 is 9.47 Å². The molecule has 1 saturated heterocycles. The summed E-state index contributed by atoms with van der Waals surface area (Å²) < 4.78 is 11.3. The first kappa shape index (κ1) is 19.7. The molecule has 128 valence electrons. The number of rotatable bonds is 10. The average Bonchev–Trinajstić information content (AvgIpc) is 2.48. The monoisotopic (exact) mass is 324 g/mol. The molecule has 0 aliphatic carbocycles. The van der Waals surface area contributed by atoms with E-state index in [2.05, 4.69) is 31.1 Å². The maximum Gasteiger partial charge on any atom is 0.157 e. The molecule has 3 heteroatoms. The molecule has 1 aliphatic heterocycles. The highest BCUT2D eigenvalue weighted by Gasteiger charge is 2.13. The molecule has 0 amide bonds. The van der Waals surface area contributed by atoms with E-state index in [1.165, 1.54) is 57.8 Å². The molecule has 22 heavy (non-hydrogen) atoms. The molecule has 1 aliphatic rings. The van der Waals surface area contributed by atoms with Crippen LogP contribution < -0.4 is 0 Å². The van der Waals surface area contributed by atoms with Crippen LogP contribution in [0.15, 0.2) is 0 Å². The minimum Gasteiger partial charge on any atom is -0.353 e. The van der Waals surface area contributed by atoms with Crippen molar-refractivity contribution in [2.24, 2.45) is 0 Å². The molecule has 1 fully saturated rings. The van der Waals surface area contributed by atoms with Gasteiger partial charge in [-0.25, -0.2) is 0 Å². The standard InChI is InChI=1S/C19H36O2Si/c1-22(2,3)18-14-10-8-6-4-5-7-9-12-16-20-19-15-11-13-17-21-19/h19H,4-13,15-17H2,1-3H3. The van der Waals surface area contributed by atoms with Crippen LogP contribution in [-0.2, 0) is 9.47 Å². The molecule has 0 saturated carbocycles. The second-order valence-corrected chi connectivity index (χ2v) is 12.2. The second kappa shape index (κ2) is 12.2. The summed E-state index contributed by atoms with van der Waals surface area (Å²) in [7, 11) is -1.15. The Hall–Kier alpha value is -0.303. The predicted octanol–water partition coefficient (Wildman–Crippen LogP) is 5.53. The highest BCUT2D eigenvalue weighted by atomic mass is 28.3. The molecule has 1 atom stereocenters. The summed E-state index contributed by atoms with van der Waals surface area (Å²) in [6.07, 6.45) is 13.9. The van der Waals surface area contributed by atoms with E-state index in [9.17, 15) is 0 Å². The molecular weight excluding hydrogens is 288 g/mol. The fourth-order valence-corrected chi connectivity index (χ4v) is 3.24. The van der Waals surface area contributed by atoms with Crippen molar-refractivity contribution >= 4 is 8.07 Å². The van der Waals surface area contributed by atoms with Gasteiger partial charge in [-0.15, -0.1) is 11.5 Å². The highest BCUT2D eigenvalue weighted by Crippen LogP contribution is 2.14. The van der Waals surface area contributed by atoms with Gasteiger partial charge in [0.2, 0.25) is 0 Å². The quantitative estimate of drug-likeness (QED) is 0.299. The summed E-state index contributed by atoms with van der Waals surface area (Å²) in [5, 5.41) is 0. The van der Waals surface area contributed by atoms with Crippen molar-refractivity contribution in [3.63, 3.8) is 0 Å². The van der Waals surface area contributed by atoms with Crippen molar-refractivity contribution in [3.05, 3.63) is 0 Å². The molecule has 0 radical (unpaired) electrons. The van der Waals surface area contributed by atoms with Crippen LogP contribution in [0.25, 0.3) is 0 Å². The maximum atomic E-state index is 5.75. The van der Waals surface area contributed by atoms with Gasteiger partial charge in [-0.2, -0.15) is 0 Å². The molecule has 0 spiro atoms. The Bertz CT molecular complexity index is 319. The Labute approximate surface area is 139 Å². The van der Waals surface area contributed by atoms with Gasteiger partial charge in [-0.1, -0.05) is 51.7 Å². The first-order chi connectivity index (χ1) is 10.6. The SMILES string of the molecule is C[Si](C)(C)C#CCCCCCCCCCOC1CCCCO1. The lowest BCUT2D eigenvalue weighted by Gasteiger charge is -2.22. The third kappa shape index (κ3) is 12.3. The number of ether oxygens (including phenoxy) is 2. The molecule has 0 aromatic carbocycles. The van der Waals surface area contributed by atoms with Crippen molar-refractivity contribution < 1.29 is 9.47 Å². The molecule has 1 heterocycles. The summed E-state index contributed by atoms with van der Waals surface area (Å²) in [6, 6.07) is 0. The van der Waals surface area contributed by atoms with Crippen molar-refractivity contribution in [1.82, 2.24) is 0 Å². The van der Waals surface area contributed by atoms with E-state index >= 15 is 0 Å². The minimum absolute atomic E-state index is 0.0889. The van der Waals surface area contributed by atoms with E-state index in [0.717, 1.165) is 26.1 Å². The fourth-order valence-electron chi connectivity index (χ4n) is 2.58. The first-order valence-electron chi connectivity index (χ1n) is 9.31. The van der Waals surface area contributed by atoms with Crippen LogP contribution >= 0.6 is 0 Å². The molecule has 0 N–H and O–H groups in total. The maximum absolute atomic E-state index is 5.75. The van der Waals surface area contributed by atoms with Crippen LogP contribution in [0, 0.1) is 11.5 Å². The lowest BCUT2D eigenvalue weighted by molar-refractivity contribution is -0.162. The topological polar surface area (TPSA) is 18.5 Å². The number of hydrogen-bond donors (Lipinski definition) is 0. The van der Waals surface area contributed by atoms with Crippen LogP contribution in [0.2, 0.25) is 19.6 Å². The largest absolute Gasteiger partial charge is 0.353 e. The van der Waals surface area contributed by atoms with Gasteiger partial charge in [0.05, 0.1) is 0 Å². The Morgan fingerprint density at radius 1 is 0.955 bits per heavy atom. The Balaban J connectivity index is 1.78. The van der Waals surface area contributed by atoms with Crippen LogP contribution in [0.4, 0.5) is 0 Å². The van der Waals surface area contributed by atoms with Crippen LogP contribution in [0.5, 0.6) is 0 Å². The Morgan fingerprint density at radius 2 is 1.64 bits per heavy atom. The summed E-state index contributed by atoms with van der Waals surface area (Å²) in [4.78, 5) is 0. The van der Waals surface area contributed by atoms with Gasteiger partial charge in [0.15, 0.2) is 6.29 Å². The van der Waals surface area contributed by atoms with E-state index in [1.54, 1.807) is 0 Å². The Kier molecular flexibility index (Phi) is 10.9. The van der Waals surface area contributed by atoms with Crippen molar-refractivity contribution in [2.45, 2.75) is 96.6 Å². The van der Waals surface area contributed by atoms with E-state index in [1.807, 2.05) is 0 Å². The van der Waals surface area contributed by atoms with E-state index in [4.69, 9.17) is 9.47 Å². The van der Waals surface area contributed by atoms with Gasteiger partial charge in [-0.05, 0) is 32.1 Å². The zero-order valence-corrected chi connectivity index (χ0v) is 16.1. The third-order valence-corrected chi connectivity index (χ3v) is 4.78. The van der Waals surface area contributed by atoms with E-state index in [-0.39, 0.29) is 6.29 Å². The number of unbranched alkanes of at least 4 members (excludes halogenated alkanes) is 7. The molecule has 1 unspecified atom stereocenters. The first-order valence-corrected chi connectivity index (χ1v) is 12.8. The predicted molar refractivity (Wildman–Crippen MR) is 97.6 cm³/mol. The zero-order valence-electron chi connectivity index (χ0n) is 15.1. The van der Waals surface area contributed by atoms with Gasteiger partial charge >= 0.3 is 0 Å². The van der Waals surface area contributed by atoms with Gasteiger partial charge in [0, 0.05) is 19.6 Å². The molecule has 0 aromatic heterocycles. The van der Waals surface area contributed by atoms with E-state index < -0.39 is 8.07 Å². The van der Waals surface area contributed by atoms with Crippen molar-refractivity contribution in [1.29, 1.82) is 0 Å². The molecule has 1 rings (SSSR count). The zero-order chi connectivity index (χ0) is 16.1. The van der Waals surface area contributed by atoms with Crippen LogP contribution in [-0.4, -0.2) is 27.6 Å². The van der Waals surface area contributed by atoms with Gasteiger partial charge in [0.1, 0.15) is 8.07 Å². The summed E-state index contributed by atoms with van der Waals surface area (Å²) in [6.45, 7) is 8.68. The van der Waals surface area contributed by atoms with E-state index in [0.29, 0.717) is 0 Å². The third-order valence-electron chi connectivity index (χ3n) is 3.85. The average molecular weight is 325 g/mol. The summed E-state index contributed by atoms with van der Waals surface area (Å²) in [5.74, 6) is 3.36. The van der Waals surface area contributed by atoms with Crippen molar-refractivity contribution in [2.75, 3.05) is 13.2 Å². The molecule has 0 aromatic rings. The second-order valence-electron chi connectivity index (χ2n) is 7.44. The molecule has 2 nitrogen and oxygen atoms in total. The fraction of sp³-hybridized carbons (Fsp3) is 0.895. The molecular formula is C19H36O2Si. The van der Waals surface area contributed by atoms with Crippen LogP contribution in [0.3, 0.4) is 0 Å². The molecule has 0 bridgehead atoms. The normalized spacial score (nSPS) is 18.8. The smallest absolute Gasteiger partial charge is 0.157 e. The number of hydrogen-bond acceptors (Lipinski definition) is 2. The highest BCUT2D eigenvalue weighted by molar-refractivity contribution is 6.83. The van der Waals surface area contributed by atoms with Gasteiger partial charge in [-0.3, -0.25) is 0 Å². The summed E-state index contributed by atoms with van der Waals surface area (Å²) >= 11 is 0. The van der Waals surface area contributed by atoms with Crippen LogP contribution in [0.1, 0.15) is 70.6 Å². The van der Waals surface area contributed by atoms with Crippen molar-refractivity contribution in [3.8, 4) is 11.5 Å². The summed E-state index contributed by atoms with van der Waals surface area (Å²) in [5.41, 5.74) is 3.44. The lowest BCUT2D eigenvalue weighted by Crippen LogP contribution is -2.22. The van der Waals surface area contributed by atoms with Gasteiger partial charge in [0.25, 0.3) is 0 Å². The minimum atomic E-state index is -1.15. The Morgan fingerprint density at radius 3 is 2.27 bits per heavy atom.